The lowest BCUT2D eigenvalue weighted by molar-refractivity contribution is 0.291. The molecule has 3 radical (unpaired) electrons. The molecule has 0 N–H and O–H groups in total. The quantitative estimate of drug-likeness (QED) is 0.719. The van der Waals surface area contributed by atoms with E-state index in [4.69, 9.17) is 9.16 Å². The minimum Gasteiger partial charge on any atom is -0.542 e. The predicted molar refractivity (Wildman–Crippen MR) is 102 cm³/mol. The minimum absolute atomic E-state index is 0.0155. The van der Waals surface area contributed by atoms with E-state index in [2.05, 4.69) is 77.8 Å². The summed E-state index contributed by atoms with van der Waals surface area (Å²) in [6.45, 7) is 19.1. The van der Waals surface area contributed by atoms with Gasteiger partial charge >= 0.3 is 0 Å². The van der Waals surface area contributed by atoms with Crippen molar-refractivity contribution in [2.24, 2.45) is 0 Å². The Kier molecular flexibility index (Phi) is 5.08. The first-order chi connectivity index (χ1) is 10.5. The lowest BCUT2D eigenvalue weighted by Crippen LogP contribution is -2.51. The van der Waals surface area contributed by atoms with Crippen LogP contribution in [0.25, 0.3) is 0 Å². The Balaban J connectivity index is 2.58. The second-order valence-electron chi connectivity index (χ2n) is 8.41. The Hall–Kier alpha value is -0.746. The van der Waals surface area contributed by atoms with E-state index in [1.54, 1.807) is 0 Å². The van der Waals surface area contributed by atoms with Crippen molar-refractivity contribution in [2.75, 3.05) is 6.61 Å². The second-order valence-corrected chi connectivity index (χ2v) is 14.3. The van der Waals surface area contributed by atoms with Gasteiger partial charge in [0.1, 0.15) is 11.5 Å². The molecule has 23 heavy (non-hydrogen) atoms. The van der Waals surface area contributed by atoms with Gasteiger partial charge in [0, 0.05) is 11.0 Å². The summed E-state index contributed by atoms with van der Waals surface area (Å²) in [5, 5.41) is 1.02. The molecule has 1 aromatic carbocycles. The Morgan fingerprint density at radius 2 is 1.57 bits per heavy atom. The molecule has 1 aliphatic heterocycles. The van der Waals surface area contributed by atoms with E-state index in [9.17, 15) is 0 Å². The maximum Gasteiger partial charge on any atom is 0.258 e. The Labute approximate surface area is 146 Å². The van der Waals surface area contributed by atoms with Crippen molar-refractivity contribution in [1.29, 1.82) is 0 Å². The SMILES string of the molecule is CC(C)[Si](Oc1ccc([Si])c2c1C(C)(C)CO2)(C(C)C)C(C)C. The van der Waals surface area contributed by atoms with Crippen LogP contribution in [0.1, 0.15) is 61.0 Å². The number of fused-ring (bicyclic) bond motifs is 1. The fourth-order valence-corrected chi connectivity index (χ4v) is 9.85. The summed E-state index contributed by atoms with van der Waals surface area (Å²) in [6.07, 6.45) is 0. The molecular weight excluding hydrogens is 316 g/mol. The molecule has 2 rings (SSSR count). The highest BCUT2D eigenvalue weighted by molar-refractivity contribution is 6.78. The summed E-state index contributed by atoms with van der Waals surface area (Å²) in [5.74, 6) is 2.00. The van der Waals surface area contributed by atoms with Crippen molar-refractivity contribution in [3.63, 3.8) is 0 Å². The van der Waals surface area contributed by atoms with Gasteiger partial charge in [-0.25, -0.2) is 0 Å². The summed E-state index contributed by atoms with van der Waals surface area (Å²) in [5.41, 5.74) is 2.90. The Bertz CT molecular complexity index is 555. The molecular formula is C19H31O2Si2. The van der Waals surface area contributed by atoms with Crippen molar-refractivity contribution in [3.8, 4) is 11.5 Å². The number of ether oxygens (including phenoxy) is 1. The van der Waals surface area contributed by atoms with Gasteiger partial charge in [-0.3, -0.25) is 0 Å². The van der Waals surface area contributed by atoms with Gasteiger partial charge in [-0.2, -0.15) is 0 Å². The van der Waals surface area contributed by atoms with Gasteiger partial charge in [0.05, 0.1) is 16.8 Å². The van der Waals surface area contributed by atoms with Crippen LogP contribution in [0.2, 0.25) is 16.6 Å². The average Bonchev–Trinajstić information content (AvgIpc) is 2.74. The molecule has 0 spiro atoms. The third-order valence-corrected chi connectivity index (χ3v) is 11.7. The van der Waals surface area contributed by atoms with Crippen LogP contribution in [-0.2, 0) is 5.41 Å². The van der Waals surface area contributed by atoms with E-state index in [1.165, 1.54) is 5.56 Å². The van der Waals surface area contributed by atoms with Crippen molar-refractivity contribution in [1.82, 2.24) is 0 Å². The fourth-order valence-electron chi connectivity index (χ4n) is 4.31. The molecule has 1 aliphatic rings. The van der Waals surface area contributed by atoms with E-state index in [1.807, 2.05) is 0 Å². The summed E-state index contributed by atoms with van der Waals surface area (Å²) >= 11 is 0. The summed E-state index contributed by atoms with van der Waals surface area (Å²) in [7, 11) is 1.72. The molecule has 2 nitrogen and oxygen atoms in total. The molecule has 0 amide bonds. The standard InChI is InChI=1S/C19H31O2Si2/c1-12(2)23(13(3)4,14(5)6)21-15-9-10-16(22)18-17(15)19(7,8)11-20-18/h9-10,12-14H,11H2,1-8H3. The van der Waals surface area contributed by atoms with Crippen LogP contribution in [0.15, 0.2) is 12.1 Å². The molecule has 0 bridgehead atoms. The zero-order chi connectivity index (χ0) is 17.6. The van der Waals surface area contributed by atoms with E-state index < -0.39 is 8.32 Å². The lowest BCUT2D eigenvalue weighted by Gasteiger charge is -2.43. The van der Waals surface area contributed by atoms with Crippen LogP contribution in [0.3, 0.4) is 0 Å². The number of hydrogen-bond acceptors (Lipinski definition) is 2. The van der Waals surface area contributed by atoms with Gasteiger partial charge < -0.3 is 9.16 Å². The molecule has 0 aliphatic carbocycles. The molecule has 0 saturated heterocycles. The van der Waals surface area contributed by atoms with E-state index in [0.29, 0.717) is 23.2 Å². The maximum atomic E-state index is 6.96. The third-order valence-electron chi connectivity index (χ3n) is 5.37. The van der Waals surface area contributed by atoms with Crippen molar-refractivity contribution in [2.45, 2.75) is 77.4 Å². The van der Waals surface area contributed by atoms with E-state index in [-0.39, 0.29) is 5.41 Å². The lowest BCUT2D eigenvalue weighted by atomic mass is 9.86. The maximum absolute atomic E-state index is 6.96. The molecule has 0 atom stereocenters. The molecule has 0 fully saturated rings. The monoisotopic (exact) mass is 347 g/mol. The summed E-state index contributed by atoms with van der Waals surface area (Å²) in [6, 6.07) is 4.19. The van der Waals surface area contributed by atoms with Crippen LogP contribution in [0.5, 0.6) is 11.5 Å². The van der Waals surface area contributed by atoms with Crippen LogP contribution >= 0.6 is 0 Å². The first-order valence-corrected chi connectivity index (χ1v) is 11.4. The number of benzene rings is 1. The molecule has 0 unspecified atom stereocenters. The third kappa shape index (κ3) is 3.00. The van der Waals surface area contributed by atoms with Gasteiger partial charge in [0.25, 0.3) is 8.32 Å². The molecule has 127 valence electrons. The zero-order valence-electron chi connectivity index (χ0n) is 15.9. The topological polar surface area (TPSA) is 18.5 Å². The van der Waals surface area contributed by atoms with Crippen LogP contribution < -0.4 is 14.3 Å². The van der Waals surface area contributed by atoms with Crippen LogP contribution in [0.4, 0.5) is 0 Å². The molecule has 0 aromatic heterocycles. The zero-order valence-corrected chi connectivity index (χ0v) is 17.9. The van der Waals surface area contributed by atoms with Gasteiger partial charge in [0.2, 0.25) is 0 Å². The molecule has 0 saturated carbocycles. The minimum atomic E-state index is -1.96. The normalized spacial score (nSPS) is 16.9. The van der Waals surface area contributed by atoms with Crippen LogP contribution in [-0.4, -0.2) is 25.2 Å². The average molecular weight is 348 g/mol. The van der Waals surface area contributed by atoms with Crippen molar-refractivity contribution < 1.29 is 9.16 Å². The molecule has 4 heteroatoms. The first-order valence-electron chi connectivity index (χ1n) is 8.75. The first kappa shape index (κ1) is 18.6. The Morgan fingerprint density at radius 3 is 2.04 bits per heavy atom. The largest absolute Gasteiger partial charge is 0.542 e. The predicted octanol–water partition coefficient (Wildman–Crippen LogP) is 4.70. The Morgan fingerprint density at radius 1 is 1.04 bits per heavy atom. The van der Waals surface area contributed by atoms with Crippen molar-refractivity contribution in [3.05, 3.63) is 17.7 Å². The summed E-state index contributed by atoms with van der Waals surface area (Å²) in [4.78, 5) is 0. The smallest absolute Gasteiger partial charge is 0.258 e. The van der Waals surface area contributed by atoms with Gasteiger partial charge in [-0.05, 0) is 27.9 Å². The van der Waals surface area contributed by atoms with Gasteiger partial charge in [-0.1, -0.05) is 61.5 Å². The number of rotatable bonds is 5. The molecule has 1 heterocycles. The summed E-state index contributed by atoms with van der Waals surface area (Å²) < 4.78 is 12.9. The second kappa shape index (κ2) is 6.28. The van der Waals surface area contributed by atoms with E-state index >= 15 is 0 Å². The molecule has 1 aromatic rings. The van der Waals surface area contributed by atoms with Crippen LogP contribution in [0, 0.1) is 0 Å². The highest BCUT2D eigenvalue weighted by Gasteiger charge is 2.48. The fraction of sp³-hybridized carbons (Fsp3) is 0.684. The highest BCUT2D eigenvalue weighted by atomic mass is 28.4. The van der Waals surface area contributed by atoms with Gasteiger partial charge in [0.15, 0.2) is 0 Å². The van der Waals surface area contributed by atoms with Crippen molar-refractivity contribution >= 4 is 23.7 Å². The van der Waals surface area contributed by atoms with E-state index in [0.717, 1.165) is 16.7 Å². The van der Waals surface area contributed by atoms with Gasteiger partial charge in [-0.15, -0.1) is 0 Å². The highest BCUT2D eigenvalue weighted by Crippen LogP contribution is 2.48. The number of hydrogen-bond donors (Lipinski definition) is 0.